The standard InChI is InChI=1S/C17H19N5OS2/c1-21-5-4-19-16(21)12-8-22(9-13(12)18)15(23)7-11-10-25-17(20-11)14-3-2-6-24-14/h2-6,10,12-13H,7-9,18H2,1H3/t12-,13-/m1/s1. The summed E-state index contributed by atoms with van der Waals surface area (Å²) in [5.41, 5.74) is 7.10. The van der Waals surface area contributed by atoms with Crippen LogP contribution in [-0.2, 0) is 18.3 Å². The Morgan fingerprint density at radius 3 is 3.00 bits per heavy atom. The molecule has 0 bridgehead atoms. The van der Waals surface area contributed by atoms with Crippen molar-refractivity contribution in [1.82, 2.24) is 19.4 Å². The van der Waals surface area contributed by atoms with E-state index in [1.807, 2.05) is 45.6 Å². The van der Waals surface area contributed by atoms with Gasteiger partial charge in [-0.2, -0.15) is 0 Å². The van der Waals surface area contributed by atoms with Gasteiger partial charge in [0.05, 0.1) is 22.9 Å². The number of rotatable bonds is 4. The Morgan fingerprint density at radius 2 is 2.28 bits per heavy atom. The summed E-state index contributed by atoms with van der Waals surface area (Å²) in [5.74, 6) is 1.10. The third kappa shape index (κ3) is 3.24. The van der Waals surface area contributed by atoms with Crippen LogP contribution in [-0.4, -0.2) is 44.5 Å². The van der Waals surface area contributed by atoms with Crippen LogP contribution in [0.3, 0.4) is 0 Å². The van der Waals surface area contributed by atoms with E-state index in [9.17, 15) is 4.79 Å². The van der Waals surface area contributed by atoms with E-state index in [-0.39, 0.29) is 17.9 Å². The predicted octanol–water partition coefficient (Wildman–Crippen LogP) is 2.10. The Hall–Kier alpha value is -2.03. The summed E-state index contributed by atoms with van der Waals surface area (Å²) < 4.78 is 1.98. The second kappa shape index (κ2) is 6.70. The second-order valence-electron chi connectivity index (χ2n) is 6.26. The van der Waals surface area contributed by atoms with E-state index < -0.39 is 0 Å². The van der Waals surface area contributed by atoms with Crippen LogP contribution in [0.4, 0.5) is 0 Å². The normalized spacial score (nSPS) is 20.3. The molecule has 4 rings (SSSR count). The van der Waals surface area contributed by atoms with E-state index in [2.05, 4.69) is 9.97 Å². The Kier molecular flexibility index (Phi) is 4.41. The van der Waals surface area contributed by atoms with Crippen molar-refractivity contribution in [1.29, 1.82) is 0 Å². The molecule has 4 heterocycles. The van der Waals surface area contributed by atoms with E-state index >= 15 is 0 Å². The number of carbonyl (C=O) groups is 1. The van der Waals surface area contributed by atoms with Crippen molar-refractivity contribution in [3.8, 4) is 9.88 Å². The molecule has 2 atom stereocenters. The van der Waals surface area contributed by atoms with Gasteiger partial charge in [-0.15, -0.1) is 22.7 Å². The minimum absolute atomic E-state index is 0.0789. The first-order chi connectivity index (χ1) is 12.1. The molecule has 0 saturated carbocycles. The first-order valence-corrected chi connectivity index (χ1v) is 9.86. The summed E-state index contributed by atoms with van der Waals surface area (Å²) in [6, 6.07) is 3.98. The summed E-state index contributed by atoms with van der Waals surface area (Å²) in [6.07, 6.45) is 4.00. The predicted molar refractivity (Wildman–Crippen MR) is 99.6 cm³/mol. The molecule has 8 heteroatoms. The number of hydrogen-bond donors (Lipinski definition) is 1. The Bertz CT molecular complexity index is 869. The Labute approximate surface area is 153 Å². The van der Waals surface area contributed by atoms with Crippen molar-refractivity contribution in [2.45, 2.75) is 18.4 Å². The van der Waals surface area contributed by atoms with Gasteiger partial charge in [-0.1, -0.05) is 6.07 Å². The van der Waals surface area contributed by atoms with Gasteiger partial charge in [-0.25, -0.2) is 9.97 Å². The maximum Gasteiger partial charge on any atom is 0.228 e. The fourth-order valence-corrected chi connectivity index (χ4v) is 4.84. The van der Waals surface area contributed by atoms with Gasteiger partial charge in [0.2, 0.25) is 5.91 Å². The molecule has 1 saturated heterocycles. The number of thiazole rings is 1. The first-order valence-electron chi connectivity index (χ1n) is 8.10. The summed E-state index contributed by atoms with van der Waals surface area (Å²) in [4.78, 5) is 24.6. The van der Waals surface area contributed by atoms with Gasteiger partial charge in [0.25, 0.3) is 0 Å². The van der Waals surface area contributed by atoms with Crippen LogP contribution in [0.1, 0.15) is 17.4 Å². The number of hydrogen-bond acceptors (Lipinski definition) is 6. The molecule has 1 aliphatic rings. The fourth-order valence-electron chi connectivity index (χ4n) is 3.21. The van der Waals surface area contributed by atoms with Crippen LogP contribution < -0.4 is 5.73 Å². The summed E-state index contributed by atoms with van der Waals surface area (Å²) in [6.45, 7) is 1.19. The molecule has 3 aromatic rings. The summed E-state index contributed by atoms with van der Waals surface area (Å²) in [5, 5.41) is 4.98. The van der Waals surface area contributed by atoms with Crippen molar-refractivity contribution >= 4 is 28.6 Å². The third-order valence-electron chi connectivity index (χ3n) is 4.52. The number of thiophene rings is 1. The highest BCUT2D eigenvalue weighted by molar-refractivity contribution is 7.20. The summed E-state index contributed by atoms with van der Waals surface area (Å²) >= 11 is 3.24. The molecule has 0 aliphatic carbocycles. The van der Waals surface area contributed by atoms with Crippen molar-refractivity contribution in [3.63, 3.8) is 0 Å². The van der Waals surface area contributed by atoms with Gasteiger partial charge in [0.15, 0.2) is 0 Å². The molecular formula is C17H19N5OS2. The van der Waals surface area contributed by atoms with E-state index in [0.717, 1.165) is 21.4 Å². The third-order valence-corrected chi connectivity index (χ3v) is 6.45. The highest BCUT2D eigenvalue weighted by atomic mass is 32.1. The Morgan fingerprint density at radius 1 is 1.40 bits per heavy atom. The monoisotopic (exact) mass is 373 g/mol. The molecule has 0 spiro atoms. The number of carbonyl (C=O) groups excluding carboxylic acids is 1. The maximum absolute atomic E-state index is 12.7. The summed E-state index contributed by atoms with van der Waals surface area (Å²) in [7, 11) is 1.96. The van der Waals surface area contributed by atoms with Gasteiger partial charge in [-0.05, 0) is 11.4 Å². The molecule has 25 heavy (non-hydrogen) atoms. The minimum Gasteiger partial charge on any atom is -0.340 e. The van der Waals surface area contributed by atoms with Crippen LogP contribution in [0.5, 0.6) is 0 Å². The minimum atomic E-state index is -0.0813. The van der Waals surface area contributed by atoms with Crippen LogP contribution >= 0.6 is 22.7 Å². The largest absolute Gasteiger partial charge is 0.340 e. The molecule has 1 aliphatic heterocycles. The molecule has 6 nitrogen and oxygen atoms in total. The average molecular weight is 374 g/mol. The number of nitrogens with two attached hydrogens (primary N) is 1. The second-order valence-corrected chi connectivity index (χ2v) is 8.07. The van der Waals surface area contributed by atoms with Gasteiger partial charge in [0, 0.05) is 44.0 Å². The van der Waals surface area contributed by atoms with Crippen molar-refractivity contribution in [2.75, 3.05) is 13.1 Å². The van der Waals surface area contributed by atoms with Crippen LogP contribution in [0.2, 0.25) is 0 Å². The number of amides is 1. The zero-order valence-corrected chi connectivity index (χ0v) is 15.5. The fraction of sp³-hybridized carbons (Fsp3) is 0.353. The number of likely N-dealkylation sites (tertiary alicyclic amines) is 1. The lowest BCUT2D eigenvalue weighted by molar-refractivity contribution is -0.129. The lowest BCUT2D eigenvalue weighted by Gasteiger charge is -2.15. The van der Waals surface area contributed by atoms with E-state index in [1.165, 1.54) is 0 Å². The van der Waals surface area contributed by atoms with E-state index in [0.29, 0.717) is 19.5 Å². The molecular weight excluding hydrogens is 354 g/mol. The smallest absolute Gasteiger partial charge is 0.228 e. The lowest BCUT2D eigenvalue weighted by Crippen LogP contribution is -2.33. The topological polar surface area (TPSA) is 77.0 Å². The molecule has 1 amide bonds. The van der Waals surface area contributed by atoms with Gasteiger partial charge >= 0.3 is 0 Å². The van der Waals surface area contributed by atoms with Crippen molar-refractivity contribution in [3.05, 3.63) is 46.8 Å². The van der Waals surface area contributed by atoms with Gasteiger partial charge in [0.1, 0.15) is 10.8 Å². The molecule has 0 unspecified atom stereocenters. The van der Waals surface area contributed by atoms with Crippen LogP contribution in [0.25, 0.3) is 9.88 Å². The highest BCUT2D eigenvalue weighted by Gasteiger charge is 2.36. The zero-order chi connectivity index (χ0) is 17.4. The molecule has 0 aromatic carbocycles. The number of aromatic nitrogens is 3. The SMILES string of the molecule is Cn1ccnc1[C@@H]1CN(C(=O)Cc2csc(-c3cccs3)n2)C[C@H]1N. The van der Waals surface area contributed by atoms with Gasteiger partial charge in [-0.3, -0.25) is 4.79 Å². The van der Waals surface area contributed by atoms with Crippen LogP contribution in [0.15, 0.2) is 35.3 Å². The highest BCUT2D eigenvalue weighted by Crippen LogP contribution is 2.29. The van der Waals surface area contributed by atoms with Gasteiger partial charge < -0.3 is 15.2 Å². The number of nitrogens with zero attached hydrogens (tertiary/aromatic N) is 4. The van der Waals surface area contributed by atoms with E-state index in [4.69, 9.17) is 5.73 Å². The first kappa shape index (κ1) is 16.4. The van der Waals surface area contributed by atoms with Crippen LogP contribution in [0, 0.1) is 0 Å². The molecule has 2 N–H and O–H groups in total. The number of imidazole rings is 1. The quantitative estimate of drug-likeness (QED) is 0.760. The lowest BCUT2D eigenvalue weighted by atomic mass is 10.0. The van der Waals surface area contributed by atoms with E-state index in [1.54, 1.807) is 28.9 Å². The molecule has 130 valence electrons. The Balaban J connectivity index is 1.43. The van der Waals surface area contributed by atoms with Crippen molar-refractivity contribution < 1.29 is 4.79 Å². The maximum atomic E-state index is 12.7. The molecule has 0 radical (unpaired) electrons. The molecule has 3 aromatic heterocycles. The molecule has 1 fully saturated rings. The average Bonchev–Trinajstić information content (AvgIpc) is 3.33. The zero-order valence-electron chi connectivity index (χ0n) is 13.8. The number of aryl methyl sites for hydroxylation is 1. The van der Waals surface area contributed by atoms with Crippen molar-refractivity contribution in [2.24, 2.45) is 12.8 Å².